The highest BCUT2D eigenvalue weighted by Crippen LogP contribution is 2.03. The van der Waals surface area contributed by atoms with E-state index in [0.29, 0.717) is 19.6 Å². The highest BCUT2D eigenvalue weighted by Gasteiger charge is 2.22. The number of aliphatic hydroxyl groups is 1. The summed E-state index contributed by atoms with van der Waals surface area (Å²) in [5.41, 5.74) is 0. The summed E-state index contributed by atoms with van der Waals surface area (Å²) in [6.45, 7) is 3.23. The molecular weight excluding hydrogens is 280 g/mol. The Hall–Kier alpha value is -2.06. The summed E-state index contributed by atoms with van der Waals surface area (Å²) < 4.78 is 4.65. The third-order valence-electron chi connectivity index (χ3n) is 2.57. The molecule has 2 heterocycles. The van der Waals surface area contributed by atoms with E-state index in [4.69, 9.17) is 9.90 Å². The average molecular weight is 300 g/mol. The van der Waals surface area contributed by atoms with E-state index in [9.17, 15) is 14.4 Å². The molecule has 0 aromatic heterocycles. The fraction of sp³-hybridized carbons (Fsp3) is 0.538. The highest BCUT2D eigenvalue weighted by atomic mass is 16.6. The SMILES string of the molecule is C=O.O=C1C=CC(=O)N1CCCOCO.O=C1CCCN1. The van der Waals surface area contributed by atoms with Crippen molar-refractivity contribution in [2.45, 2.75) is 19.3 Å². The lowest BCUT2D eigenvalue weighted by atomic mass is 10.4. The van der Waals surface area contributed by atoms with Crippen LogP contribution in [0.3, 0.4) is 0 Å². The topological polar surface area (TPSA) is 113 Å². The fourth-order valence-electron chi connectivity index (χ4n) is 1.61. The van der Waals surface area contributed by atoms with Crippen molar-refractivity contribution in [3.63, 3.8) is 0 Å². The third kappa shape index (κ3) is 7.95. The molecule has 21 heavy (non-hydrogen) atoms. The van der Waals surface area contributed by atoms with Gasteiger partial charge < -0.3 is 20.0 Å². The molecule has 2 aliphatic heterocycles. The normalized spacial score (nSPS) is 16.0. The first-order chi connectivity index (χ1) is 10.1. The van der Waals surface area contributed by atoms with Gasteiger partial charge in [0.15, 0.2) is 0 Å². The van der Waals surface area contributed by atoms with Crippen molar-refractivity contribution in [1.29, 1.82) is 0 Å². The number of nitrogens with one attached hydrogen (secondary N) is 1. The van der Waals surface area contributed by atoms with Gasteiger partial charge in [-0.05, 0) is 12.8 Å². The standard InChI is InChI=1S/C8H11NO4.C4H7NO.CH2O/c10-6-13-5-1-4-9-7(11)2-3-8(9)12;6-4-2-1-3-5-4;1-2/h2-3,10H,1,4-6H2;1-3H2,(H,5,6);1H2. The molecule has 2 rings (SSSR count). The van der Waals surface area contributed by atoms with Gasteiger partial charge >= 0.3 is 0 Å². The van der Waals surface area contributed by atoms with Crippen molar-refractivity contribution in [2.75, 3.05) is 26.5 Å². The van der Waals surface area contributed by atoms with Gasteiger partial charge in [0.05, 0.1) is 6.61 Å². The van der Waals surface area contributed by atoms with Gasteiger partial charge in [-0.1, -0.05) is 0 Å². The molecule has 0 radical (unpaired) electrons. The summed E-state index contributed by atoms with van der Waals surface area (Å²) in [6.07, 6.45) is 4.79. The maximum absolute atomic E-state index is 11.0. The largest absolute Gasteiger partial charge is 0.371 e. The van der Waals surface area contributed by atoms with E-state index >= 15 is 0 Å². The van der Waals surface area contributed by atoms with Gasteiger partial charge in [0.2, 0.25) is 5.91 Å². The molecule has 0 aliphatic carbocycles. The number of carbonyl (C=O) groups excluding carboxylic acids is 4. The van der Waals surface area contributed by atoms with Crippen molar-refractivity contribution in [3.8, 4) is 0 Å². The smallest absolute Gasteiger partial charge is 0.253 e. The Labute approximate surface area is 122 Å². The summed E-state index contributed by atoms with van der Waals surface area (Å²) in [5.74, 6) is -0.363. The van der Waals surface area contributed by atoms with Crippen molar-refractivity contribution in [3.05, 3.63) is 12.2 Å². The molecule has 2 N–H and O–H groups in total. The van der Waals surface area contributed by atoms with Crippen LogP contribution in [0.1, 0.15) is 19.3 Å². The summed E-state index contributed by atoms with van der Waals surface area (Å²) in [4.78, 5) is 41.2. The summed E-state index contributed by atoms with van der Waals surface area (Å²) >= 11 is 0. The monoisotopic (exact) mass is 300 g/mol. The van der Waals surface area contributed by atoms with Crippen LogP contribution in [0.15, 0.2) is 12.2 Å². The minimum atomic E-state index is -0.333. The number of hydrogen-bond acceptors (Lipinski definition) is 6. The second kappa shape index (κ2) is 11.7. The van der Waals surface area contributed by atoms with Gasteiger partial charge in [-0.3, -0.25) is 19.3 Å². The Morgan fingerprint density at radius 2 is 1.86 bits per heavy atom. The summed E-state index contributed by atoms with van der Waals surface area (Å²) in [6, 6.07) is 0. The zero-order valence-electron chi connectivity index (χ0n) is 11.7. The molecule has 0 saturated carbocycles. The van der Waals surface area contributed by atoms with Gasteiger partial charge in [0.25, 0.3) is 11.8 Å². The Balaban J connectivity index is 0.000000416. The minimum absolute atomic E-state index is 0.204. The van der Waals surface area contributed by atoms with Crippen LogP contribution in [0.4, 0.5) is 0 Å². The summed E-state index contributed by atoms with van der Waals surface area (Å²) in [5, 5.41) is 11.0. The lowest BCUT2D eigenvalue weighted by Gasteiger charge is -2.12. The molecule has 0 aromatic carbocycles. The van der Waals surface area contributed by atoms with E-state index in [1.165, 1.54) is 12.2 Å². The predicted octanol–water partition coefficient (Wildman–Crippen LogP) is -1.02. The van der Waals surface area contributed by atoms with Gasteiger partial charge in [-0.25, -0.2) is 0 Å². The minimum Gasteiger partial charge on any atom is -0.371 e. The Morgan fingerprint density at radius 1 is 1.24 bits per heavy atom. The quantitative estimate of drug-likeness (QED) is 0.382. The van der Waals surface area contributed by atoms with Crippen molar-refractivity contribution >= 4 is 24.5 Å². The first-order valence-electron chi connectivity index (χ1n) is 6.43. The Morgan fingerprint density at radius 3 is 2.24 bits per heavy atom. The van der Waals surface area contributed by atoms with Crippen LogP contribution < -0.4 is 5.32 Å². The fourth-order valence-corrected chi connectivity index (χ4v) is 1.61. The Kier molecular flexibility index (Phi) is 10.6. The van der Waals surface area contributed by atoms with Gasteiger partial charge in [0.1, 0.15) is 13.6 Å². The number of amides is 3. The van der Waals surface area contributed by atoms with Gasteiger partial charge in [-0.2, -0.15) is 0 Å². The first kappa shape index (κ1) is 18.9. The van der Waals surface area contributed by atoms with Crippen LogP contribution in [0.2, 0.25) is 0 Å². The lowest BCUT2D eigenvalue weighted by molar-refractivity contribution is -0.137. The molecule has 1 fully saturated rings. The lowest BCUT2D eigenvalue weighted by Crippen LogP contribution is -2.31. The second-order valence-corrected chi connectivity index (χ2v) is 4.01. The van der Waals surface area contributed by atoms with Gasteiger partial charge in [0, 0.05) is 31.7 Å². The number of hydrogen-bond donors (Lipinski definition) is 2. The second-order valence-electron chi connectivity index (χ2n) is 4.01. The van der Waals surface area contributed by atoms with Gasteiger partial charge in [-0.15, -0.1) is 0 Å². The third-order valence-corrected chi connectivity index (χ3v) is 2.57. The van der Waals surface area contributed by atoms with Crippen molar-refractivity contribution in [2.24, 2.45) is 0 Å². The van der Waals surface area contributed by atoms with E-state index in [1.54, 1.807) is 0 Å². The van der Waals surface area contributed by atoms with Crippen LogP contribution in [0.25, 0.3) is 0 Å². The number of imide groups is 1. The number of nitrogens with zero attached hydrogens (tertiary/aromatic N) is 1. The molecule has 0 aromatic rings. The van der Waals surface area contributed by atoms with Crippen LogP contribution >= 0.6 is 0 Å². The highest BCUT2D eigenvalue weighted by molar-refractivity contribution is 6.12. The average Bonchev–Trinajstić information content (AvgIpc) is 3.09. The van der Waals surface area contributed by atoms with Crippen LogP contribution in [0.5, 0.6) is 0 Å². The van der Waals surface area contributed by atoms with Crippen LogP contribution in [-0.2, 0) is 23.9 Å². The van der Waals surface area contributed by atoms with Crippen LogP contribution in [0, 0.1) is 0 Å². The molecule has 118 valence electrons. The zero-order chi connectivity index (χ0) is 16.1. The number of rotatable bonds is 5. The van der Waals surface area contributed by atoms with E-state index in [1.807, 2.05) is 6.79 Å². The number of ether oxygens (including phenoxy) is 1. The van der Waals surface area contributed by atoms with E-state index < -0.39 is 0 Å². The van der Waals surface area contributed by atoms with E-state index in [0.717, 1.165) is 24.3 Å². The zero-order valence-corrected chi connectivity index (χ0v) is 11.7. The molecule has 0 unspecified atom stereocenters. The Bertz CT molecular complexity index is 357. The van der Waals surface area contributed by atoms with E-state index in [2.05, 4.69) is 10.1 Å². The maximum atomic E-state index is 11.0. The number of aliphatic hydroxyl groups excluding tert-OH is 1. The molecule has 2 aliphatic rings. The molecule has 1 saturated heterocycles. The molecule has 3 amide bonds. The first-order valence-corrected chi connectivity index (χ1v) is 6.43. The van der Waals surface area contributed by atoms with Crippen LogP contribution in [-0.4, -0.2) is 61.0 Å². The molecule has 0 bridgehead atoms. The van der Waals surface area contributed by atoms with Crippen molar-refractivity contribution < 1.29 is 29.0 Å². The molecule has 8 heteroatoms. The predicted molar refractivity (Wildman–Crippen MR) is 72.9 cm³/mol. The molecule has 8 nitrogen and oxygen atoms in total. The molecule has 0 spiro atoms. The van der Waals surface area contributed by atoms with Crippen molar-refractivity contribution in [1.82, 2.24) is 10.2 Å². The summed E-state index contributed by atoms with van der Waals surface area (Å²) in [7, 11) is 0. The van der Waals surface area contributed by atoms with E-state index in [-0.39, 0.29) is 24.5 Å². The molecular formula is C13H20N2O6. The maximum Gasteiger partial charge on any atom is 0.253 e. The number of carbonyl (C=O) groups is 4. The molecule has 0 atom stereocenters.